The molecule has 0 bridgehead atoms. The van der Waals surface area contributed by atoms with Gasteiger partial charge in [0.15, 0.2) is 5.82 Å². The van der Waals surface area contributed by atoms with Gasteiger partial charge in [-0.1, -0.05) is 6.07 Å². The second kappa shape index (κ2) is 7.19. The number of hydrogen-bond donors (Lipinski definition) is 1. The Balaban J connectivity index is 1.55. The number of hydrogen-bond acceptors (Lipinski definition) is 5. The number of H-pyrrole nitrogens is 1. The maximum absolute atomic E-state index is 12.5. The number of nitrogens with zero attached hydrogens (tertiary/aromatic N) is 3. The number of rotatable bonds is 3. The van der Waals surface area contributed by atoms with Crippen molar-refractivity contribution in [1.29, 1.82) is 0 Å². The molecular weight excluding hydrogens is 344 g/mol. The molecule has 1 fully saturated rings. The van der Waals surface area contributed by atoms with Gasteiger partial charge in [-0.3, -0.25) is 14.6 Å². The van der Waals surface area contributed by atoms with Crippen molar-refractivity contribution in [1.82, 2.24) is 19.9 Å². The average molecular weight is 364 g/mol. The van der Waals surface area contributed by atoms with E-state index in [-0.39, 0.29) is 17.6 Å². The molecule has 27 heavy (non-hydrogen) atoms. The molecule has 7 nitrogen and oxygen atoms in total. The highest BCUT2D eigenvalue weighted by atomic mass is 16.5. The number of likely N-dealkylation sites (tertiary alicyclic amines) is 1. The fourth-order valence-corrected chi connectivity index (χ4v) is 3.30. The molecule has 0 spiro atoms. The lowest BCUT2D eigenvalue weighted by molar-refractivity contribution is -0.130. The smallest absolute Gasteiger partial charge is 0.259 e. The molecule has 3 heterocycles. The fraction of sp³-hybridized carbons (Fsp3) is 0.300. The van der Waals surface area contributed by atoms with Gasteiger partial charge in [-0.05, 0) is 30.3 Å². The standard InChI is InChI=1S/C20H20N4O3/c1-13(25)24-10-7-14(8-11-24)27-15-5-6-17-16(12-15)20(26)23-19(22-17)18-4-2-3-9-21-18/h2-6,9,12,14H,7-8,10-11H2,1H3,(H,22,23,26). The second-order valence-electron chi connectivity index (χ2n) is 6.63. The zero-order valence-corrected chi connectivity index (χ0v) is 15.0. The van der Waals surface area contributed by atoms with Crippen LogP contribution in [0.5, 0.6) is 5.75 Å². The Morgan fingerprint density at radius 1 is 1.22 bits per heavy atom. The topological polar surface area (TPSA) is 88.2 Å². The van der Waals surface area contributed by atoms with Crippen LogP contribution in [0.2, 0.25) is 0 Å². The highest BCUT2D eigenvalue weighted by Crippen LogP contribution is 2.23. The van der Waals surface area contributed by atoms with Crippen molar-refractivity contribution in [3.05, 3.63) is 52.9 Å². The Bertz CT molecular complexity index is 1020. The highest BCUT2D eigenvalue weighted by molar-refractivity contribution is 5.80. The van der Waals surface area contributed by atoms with Crippen LogP contribution in [-0.2, 0) is 4.79 Å². The normalized spacial score (nSPS) is 15.1. The maximum atomic E-state index is 12.5. The summed E-state index contributed by atoms with van der Waals surface area (Å²) in [4.78, 5) is 37.3. The van der Waals surface area contributed by atoms with Crippen LogP contribution in [0.3, 0.4) is 0 Å². The SMILES string of the molecule is CC(=O)N1CCC(Oc2ccc3nc(-c4ccccn4)[nH]c(=O)c3c2)CC1. The molecule has 1 N–H and O–H groups in total. The van der Waals surface area contributed by atoms with Crippen molar-refractivity contribution < 1.29 is 9.53 Å². The zero-order chi connectivity index (χ0) is 18.8. The summed E-state index contributed by atoms with van der Waals surface area (Å²) in [5.74, 6) is 1.18. The summed E-state index contributed by atoms with van der Waals surface area (Å²) in [5.41, 5.74) is 0.990. The number of amides is 1. The van der Waals surface area contributed by atoms with E-state index in [9.17, 15) is 9.59 Å². The fourth-order valence-electron chi connectivity index (χ4n) is 3.30. The van der Waals surface area contributed by atoms with Gasteiger partial charge in [0.2, 0.25) is 5.91 Å². The summed E-state index contributed by atoms with van der Waals surface area (Å²) in [7, 11) is 0. The molecule has 1 saturated heterocycles. The van der Waals surface area contributed by atoms with Crippen LogP contribution >= 0.6 is 0 Å². The van der Waals surface area contributed by atoms with Crippen molar-refractivity contribution in [2.75, 3.05) is 13.1 Å². The van der Waals surface area contributed by atoms with E-state index in [1.165, 1.54) is 0 Å². The number of pyridine rings is 1. The van der Waals surface area contributed by atoms with Crippen LogP contribution in [0.4, 0.5) is 0 Å². The number of carbonyl (C=O) groups is 1. The van der Waals surface area contributed by atoms with Gasteiger partial charge in [-0.15, -0.1) is 0 Å². The first-order valence-electron chi connectivity index (χ1n) is 8.98. The zero-order valence-electron chi connectivity index (χ0n) is 15.0. The van der Waals surface area contributed by atoms with Crippen molar-refractivity contribution in [2.45, 2.75) is 25.9 Å². The summed E-state index contributed by atoms with van der Waals surface area (Å²) in [6.45, 7) is 2.98. The lowest BCUT2D eigenvalue weighted by Crippen LogP contribution is -2.40. The van der Waals surface area contributed by atoms with Crippen LogP contribution < -0.4 is 10.3 Å². The predicted molar refractivity (Wildman–Crippen MR) is 101 cm³/mol. The van der Waals surface area contributed by atoms with Crippen LogP contribution in [0.1, 0.15) is 19.8 Å². The number of aromatic nitrogens is 3. The largest absolute Gasteiger partial charge is 0.490 e. The van der Waals surface area contributed by atoms with E-state index in [4.69, 9.17) is 4.74 Å². The maximum Gasteiger partial charge on any atom is 0.259 e. The second-order valence-corrected chi connectivity index (χ2v) is 6.63. The van der Waals surface area contributed by atoms with Gasteiger partial charge in [-0.25, -0.2) is 4.98 Å². The minimum absolute atomic E-state index is 0.0397. The van der Waals surface area contributed by atoms with Crippen molar-refractivity contribution >= 4 is 16.8 Å². The van der Waals surface area contributed by atoms with Gasteiger partial charge in [0.25, 0.3) is 5.56 Å². The molecule has 0 aliphatic carbocycles. The molecule has 1 aromatic carbocycles. The third-order valence-corrected chi connectivity index (χ3v) is 4.77. The minimum atomic E-state index is -0.225. The molecule has 4 rings (SSSR count). The number of fused-ring (bicyclic) bond motifs is 1. The number of ether oxygens (including phenoxy) is 1. The molecule has 1 amide bonds. The van der Waals surface area contributed by atoms with Crippen LogP contribution in [0.25, 0.3) is 22.4 Å². The van der Waals surface area contributed by atoms with Crippen LogP contribution in [0, 0.1) is 0 Å². The quantitative estimate of drug-likeness (QED) is 0.771. The van der Waals surface area contributed by atoms with E-state index in [1.54, 1.807) is 31.3 Å². The third-order valence-electron chi connectivity index (χ3n) is 4.77. The van der Waals surface area contributed by atoms with E-state index in [1.807, 2.05) is 23.1 Å². The Morgan fingerprint density at radius 2 is 2.04 bits per heavy atom. The van der Waals surface area contributed by atoms with Crippen LogP contribution in [0.15, 0.2) is 47.4 Å². The lowest BCUT2D eigenvalue weighted by atomic mass is 10.1. The van der Waals surface area contributed by atoms with Crippen molar-refractivity contribution in [2.24, 2.45) is 0 Å². The molecule has 138 valence electrons. The van der Waals surface area contributed by atoms with E-state index in [2.05, 4.69) is 15.0 Å². The first kappa shape index (κ1) is 17.2. The molecule has 7 heteroatoms. The molecule has 2 aromatic heterocycles. The Morgan fingerprint density at radius 3 is 2.74 bits per heavy atom. The average Bonchev–Trinajstić information content (AvgIpc) is 2.69. The van der Waals surface area contributed by atoms with E-state index < -0.39 is 0 Å². The van der Waals surface area contributed by atoms with E-state index in [0.29, 0.717) is 41.3 Å². The summed E-state index contributed by atoms with van der Waals surface area (Å²) in [6.07, 6.45) is 3.27. The van der Waals surface area contributed by atoms with Gasteiger partial charge in [0, 0.05) is 39.1 Å². The molecule has 1 aliphatic rings. The number of nitrogens with one attached hydrogen (secondary N) is 1. The van der Waals surface area contributed by atoms with Crippen molar-refractivity contribution in [3.63, 3.8) is 0 Å². The van der Waals surface area contributed by atoms with Gasteiger partial charge in [-0.2, -0.15) is 0 Å². The summed E-state index contributed by atoms with van der Waals surface area (Å²) >= 11 is 0. The van der Waals surface area contributed by atoms with E-state index in [0.717, 1.165) is 12.8 Å². The lowest BCUT2D eigenvalue weighted by Gasteiger charge is -2.31. The molecule has 0 radical (unpaired) electrons. The predicted octanol–water partition coefficient (Wildman–Crippen LogP) is 2.37. The van der Waals surface area contributed by atoms with Gasteiger partial charge in [0.05, 0.1) is 10.9 Å². The molecule has 3 aromatic rings. The summed E-state index contributed by atoms with van der Waals surface area (Å²) in [6, 6.07) is 10.8. The molecule has 1 aliphatic heterocycles. The first-order valence-corrected chi connectivity index (χ1v) is 8.98. The monoisotopic (exact) mass is 364 g/mol. The molecule has 0 saturated carbocycles. The number of piperidine rings is 1. The summed E-state index contributed by atoms with van der Waals surface area (Å²) < 4.78 is 6.03. The first-order chi connectivity index (χ1) is 13.1. The minimum Gasteiger partial charge on any atom is -0.490 e. The number of carbonyl (C=O) groups excluding carboxylic acids is 1. The Labute approximate surface area is 156 Å². The van der Waals surface area contributed by atoms with E-state index >= 15 is 0 Å². The number of benzene rings is 1. The number of aromatic amines is 1. The Kier molecular flexibility index (Phi) is 4.58. The summed E-state index contributed by atoms with van der Waals surface area (Å²) in [5, 5.41) is 0.480. The van der Waals surface area contributed by atoms with Gasteiger partial charge >= 0.3 is 0 Å². The van der Waals surface area contributed by atoms with Crippen LogP contribution in [-0.4, -0.2) is 45.0 Å². The van der Waals surface area contributed by atoms with Gasteiger partial charge in [0.1, 0.15) is 17.5 Å². The molecule has 0 unspecified atom stereocenters. The highest BCUT2D eigenvalue weighted by Gasteiger charge is 2.22. The molecular formula is C20H20N4O3. The molecule has 0 atom stereocenters. The third kappa shape index (κ3) is 3.67. The van der Waals surface area contributed by atoms with Gasteiger partial charge < -0.3 is 14.6 Å². The van der Waals surface area contributed by atoms with Crippen molar-refractivity contribution in [3.8, 4) is 17.3 Å². The Hall–Kier alpha value is -3.22.